The number of hydrogen-bond donors (Lipinski definition) is 6. The summed E-state index contributed by atoms with van der Waals surface area (Å²) in [6.45, 7) is 9.18. The molecule has 298 valence electrons. The van der Waals surface area contributed by atoms with E-state index in [2.05, 4.69) is 31.5 Å². The third kappa shape index (κ3) is 9.91. The van der Waals surface area contributed by atoms with Gasteiger partial charge in [-0.15, -0.1) is 0 Å². The summed E-state index contributed by atoms with van der Waals surface area (Å²) >= 11 is 0. The first-order chi connectivity index (χ1) is 26.6. The zero-order valence-corrected chi connectivity index (χ0v) is 32.6. The van der Waals surface area contributed by atoms with Gasteiger partial charge in [-0.05, 0) is 88.2 Å². The van der Waals surface area contributed by atoms with Crippen molar-refractivity contribution in [3.05, 3.63) is 95.6 Å². The molecule has 14 nitrogen and oxygen atoms in total. The third-order valence-corrected chi connectivity index (χ3v) is 10.6. The molecule has 0 spiro atoms. The van der Waals surface area contributed by atoms with Gasteiger partial charge in [0.15, 0.2) is 0 Å². The van der Waals surface area contributed by atoms with Crippen molar-refractivity contribution in [2.24, 2.45) is 5.73 Å². The lowest BCUT2D eigenvalue weighted by Crippen LogP contribution is -2.65. The second-order valence-corrected chi connectivity index (χ2v) is 15.3. The maximum atomic E-state index is 14.2. The van der Waals surface area contributed by atoms with Crippen molar-refractivity contribution in [3.8, 4) is 11.1 Å². The van der Waals surface area contributed by atoms with E-state index in [1.165, 1.54) is 34.6 Å². The highest BCUT2D eigenvalue weighted by molar-refractivity contribution is 5.98. The van der Waals surface area contributed by atoms with E-state index in [0.717, 1.165) is 27.8 Å². The van der Waals surface area contributed by atoms with Gasteiger partial charge >= 0.3 is 6.09 Å². The zero-order chi connectivity index (χ0) is 40.6. The van der Waals surface area contributed by atoms with Crippen LogP contribution in [0.5, 0.6) is 0 Å². The van der Waals surface area contributed by atoms with Crippen molar-refractivity contribution in [2.45, 2.75) is 95.5 Å². The van der Waals surface area contributed by atoms with Crippen LogP contribution in [0.25, 0.3) is 11.1 Å². The van der Waals surface area contributed by atoms with Crippen molar-refractivity contribution >= 4 is 35.6 Å². The van der Waals surface area contributed by atoms with Gasteiger partial charge in [0.25, 0.3) is 0 Å². The lowest BCUT2D eigenvalue weighted by molar-refractivity contribution is -0.138. The molecule has 0 unspecified atom stereocenters. The number of carbonyl (C=O) groups is 6. The van der Waals surface area contributed by atoms with E-state index in [4.69, 9.17) is 10.5 Å². The fraction of sp³-hybridized carbons (Fsp3) is 0.429. The van der Waals surface area contributed by atoms with E-state index in [9.17, 15) is 28.8 Å². The molecule has 0 bridgehead atoms. The Morgan fingerprint density at radius 1 is 0.768 bits per heavy atom. The summed E-state index contributed by atoms with van der Waals surface area (Å²) in [5, 5.41) is 13.4. The Morgan fingerprint density at radius 2 is 1.36 bits per heavy atom. The lowest BCUT2D eigenvalue weighted by Gasteiger charge is -2.35. The summed E-state index contributed by atoms with van der Waals surface area (Å²) in [7, 11) is 0. The summed E-state index contributed by atoms with van der Waals surface area (Å²) in [5.74, 6) is -3.36. The van der Waals surface area contributed by atoms with Crippen LogP contribution in [0.2, 0.25) is 0 Å². The molecule has 2 aliphatic rings. The van der Waals surface area contributed by atoms with Crippen LogP contribution in [0.3, 0.4) is 0 Å². The van der Waals surface area contributed by atoms with E-state index < -0.39 is 64.8 Å². The number of ether oxygens (including phenoxy) is 1. The summed E-state index contributed by atoms with van der Waals surface area (Å²) in [5.41, 5.74) is 7.79. The molecule has 1 fully saturated rings. The molecule has 14 heteroatoms. The van der Waals surface area contributed by atoms with Gasteiger partial charge in [0.05, 0.1) is 0 Å². The maximum absolute atomic E-state index is 14.2. The number of rotatable bonds is 14. The monoisotopic (exact) mass is 767 g/mol. The standard InChI is InChI=1S/C42H53N7O7/c1-26(35(43)50)44-38(53)41(4,5)47-36(51)27(2)45-39(54)42(20-13-22-49(23-21-42)24-29-14-7-6-8-15-29)48-37(52)28(3)46-40(55)56-25-34-32-18-11-9-16-30(32)31-17-10-12-19-33(31)34/h6-12,14-19,26-28,34H,13,20-25H2,1-5H3,(H2,43,50)(H,44,53)(H,45,54)(H,46,55)(H,47,51)(H,48,52)/t26-,27-,28-,42+/m0/s1. The molecule has 3 aromatic rings. The normalized spacial score (nSPS) is 18.4. The predicted octanol–water partition coefficient (Wildman–Crippen LogP) is 2.84. The highest BCUT2D eigenvalue weighted by Crippen LogP contribution is 2.44. The van der Waals surface area contributed by atoms with E-state index >= 15 is 0 Å². The highest BCUT2D eigenvalue weighted by Gasteiger charge is 2.43. The third-order valence-electron chi connectivity index (χ3n) is 10.6. The number of carbonyl (C=O) groups excluding carboxylic acids is 6. The molecule has 5 rings (SSSR count). The fourth-order valence-corrected chi connectivity index (χ4v) is 7.15. The topological polar surface area (TPSA) is 201 Å². The molecule has 1 aliphatic carbocycles. The van der Waals surface area contributed by atoms with Gasteiger partial charge in [-0.2, -0.15) is 0 Å². The number of primary amides is 1. The molecule has 1 aliphatic heterocycles. The Kier molecular flexibility index (Phi) is 13.2. The van der Waals surface area contributed by atoms with Crippen molar-refractivity contribution in [1.29, 1.82) is 0 Å². The number of likely N-dealkylation sites (tertiary alicyclic amines) is 1. The van der Waals surface area contributed by atoms with E-state index in [1.807, 2.05) is 78.9 Å². The van der Waals surface area contributed by atoms with Crippen LogP contribution in [0, 0.1) is 0 Å². The van der Waals surface area contributed by atoms with Crippen LogP contribution in [-0.2, 0) is 35.3 Å². The van der Waals surface area contributed by atoms with Crippen LogP contribution >= 0.6 is 0 Å². The lowest BCUT2D eigenvalue weighted by atomic mass is 9.88. The van der Waals surface area contributed by atoms with Crippen LogP contribution in [0.15, 0.2) is 78.9 Å². The molecule has 3 aromatic carbocycles. The smallest absolute Gasteiger partial charge is 0.407 e. The number of nitrogens with zero attached hydrogens (tertiary/aromatic N) is 1. The SMILES string of the molecule is C[C@H](NC(=O)C(C)(C)NC(=O)[C@H](C)NC(=O)[C@@]1(NC(=O)[C@H](C)NC(=O)OCC2c3ccccc3-c3ccccc32)CCCN(Cc2ccccc2)CC1)C(N)=O. The average Bonchev–Trinajstić information content (AvgIpc) is 3.34. The number of benzene rings is 3. The number of hydrogen-bond acceptors (Lipinski definition) is 8. The largest absolute Gasteiger partial charge is 0.449 e. The average molecular weight is 768 g/mol. The molecule has 56 heavy (non-hydrogen) atoms. The van der Waals surface area contributed by atoms with Gasteiger partial charge in [-0.25, -0.2) is 4.79 Å². The Bertz CT molecular complexity index is 1890. The van der Waals surface area contributed by atoms with E-state index in [0.29, 0.717) is 26.1 Å². The van der Waals surface area contributed by atoms with Gasteiger partial charge in [-0.1, -0.05) is 78.9 Å². The first kappa shape index (κ1) is 41.4. The Hall–Kier alpha value is -5.76. The summed E-state index contributed by atoms with van der Waals surface area (Å²) in [6.07, 6.45) is 0.272. The zero-order valence-electron chi connectivity index (χ0n) is 32.6. The highest BCUT2D eigenvalue weighted by atomic mass is 16.5. The van der Waals surface area contributed by atoms with Crippen molar-refractivity contribution in [3.63, 3.8) is 0 Å². The quantitative estimate of drug-likeness (QED) is 0.144. The first-order valence-corrected chi connectivity index (χ1v) is 19.0. The summed E-state index contributed by atoms with van der Waals surface area (Å²) in [4.78, 5) is 81.0. The van der Waals surface area contributed by atoms with Crippen molar-refractivity contribution < 1.29 is 33.5 Å². The van der Waals surface area contributed by atoms with Gasteiger partial charge < -0.3 is 37.1 Å². The molecule has 6 amide bonds. The van der Waals surface area contributed by atoms with Gasteiger partial charge in [-0.3, -0.25) is 28.9 Å². The summed E-state index contributed by atoms with van der Waals surface area (Å²) in [6, 6.07) is 22.8. The van der Waals surface area contributed by atoms with Gasteiger partial charge in [0.2, 0.25) is 29.5 Å². The number of fused-ring (bicyclic) bond motifs is 3. The van der Waals surface area contributed by atoms with Crippen LogP contribution in [0.4, 0.5) is 4.79 Å². The Morgan fingerprint density at radius 3 is 1.98 bits per heavy atom. The van der Waals surface area contributed by atoms with Crippen molar-refractivity contribution in [2.75, 3.05) is 19.7 Å². The first-order valence-electron chi connectivity index (χ1n) is 19.0. The predicted molar refractivity (Wildman–Crippen MR) is 211 cm³/mol. The molecule has 4 atom stereocenters. The van der Waals surface area contributed by atoms with Crippen LogP contribution in [0.1, 0.15) is 76.5 Å². The number of amides is 6. The molecule has 0 radical (unpaired) electrons. The number of alkyl carbamates (subject to hydrolysis) is 1. The molecule has 0 aromatic heterocycles. The van der Waals surface area contributed by atoms with E-state index in [1.54, 1.807) is 0 Å². The Labute approximate surface area is 327 Å². The second kappa shape index (κ2) is 17.8. The number of nitrogens with two attached hydrogens (primary N) is 1. The van der Waals surface area contributed by atoms with E-state index in [-0.39, 0.29) is 25.4 Å². The second-order valence-electron chi connectivity index (χ2n) is 15.3. The number of nitrogens with one attached hydrogen (secondary N) is 5. The van der Waals surface area contributed by atoms with Crippen LogP contribution in [-0.4, -0.2) is 89.4 Å². The minimum Gasteiger partial charge on any atom is -0.449 e. The fourth-order valence-electron chi connectivity index (χ4n) is 7.15. The van der Waals surface area contributed by atoms with Crippen molar-refractivity contribution in [1.82, 2.24) is 31.5 Å². The minimum absolute atomic E-state index is 0.0698. The molecular formula is C42H53N7O7. The molecule has 1 saturated heterocycles. The van der Waals surface area contributed by atoms with Crippen LogP contribution < -0.4 is 32.3 Å². The molecule has 7 N–H and O–H groups in total. The molecule has 1 heterocycles. The Balaban J connectivity index is 1.25. The summed E-state index contributed by atoms with van der Waals surface area (Å²) < 4.78 is 5.67. The molecular weight excluding hydrogens is 715 g/mol. The van der Waals surface area contributed by atoms with Gasteiger partial charge in [0, 0.05) is 19.0 Å². The van der Waals surface area contributed by atoms with Gasteiger partial charge in [0.1, 0.15) is 35.8 Å². The molecule has 0 saturated carbocycles. The maximum Gasteiger partial charge on any atom is 0.407 e. The minimum atomic E-state index is -1.45.